The van der Waals surface area contributed by atoms with Crippen molar-refractivity contribution in [2.75, 3.05) is 45.0 Å². The molecule has 2 rings (SSSR count). The van der Waals surface area contributed by atoms with Crippen molar-refractivity contribution in [2.24, 2.45) is 11.7 Å². The van der Waals surface area contributed by atoms with Crippen LogP contribution in [0.1, 0.15) is 25.7 Å². The summed E-state index contributed by atoms with van der Waals surface area (Å²) in [6.45, 7) is 4.86. The van der Waals surface area contributed by atoms with Gasteiger partial charge in [0.15, 0.2) is 0 Å². The molecule has 2 aliphatic rings. The summed E-state index contributed by atoms with van der Waals surface area (Å²) in [6.07, 6.45) is 4.36. The number of hydrogen-bond donors (Lipinski definition) is 1. The fourth-order valence-corrected chi connectivity index (χ4v) is 4.26. The molecule has 0 amide bonds. The van der Waals surface area contributed by atoms with E-state index in [0.29, 0.717) is 24.8 Å². The van der Waals surface area contributed by atoms with E-state index in [0.717, 1.165) is 51.9 Å². The number of nitrogens with zero attached hydrogens (tertiary/aromatic N) is 2. The van der Waals surface area contributed by atoms with E-state index < -0.39 is 10.0 Å². The normalized spacial score (nSPS) is 23.4. The molecule has 2 N–H and O–H groups in total. The first-order chi connectivity index (χ1) is 8.62. The van der Waals surface area contributed by atoms with Crippen molar-refractivity contribution >= 4 is 10.0 Å². The van der Waals surface area contributed by atoms with Gasteiger partial charge in [0.1, 0.15) is 0 Å². The van der Waals surface area contributed by atoms with E-state index in [-0.39, 0.29) is 0 Å². The van der Waals surface area contributed by atoms with Crippen LogP contribution in [0.3, 0.4) is 0 Å². The van der Waals surface area contributed by atoms with Gasteiger partial charge in [-0.05, 0) is 44.7 Å². The maximum absolute atomic E-state index is 12.1. The van der Waals surface area contributed by atoms with Gasteiger partial charge in [-0.25, -0.2) is 8.42 Å². The summed E-state index contributed by atoms with van der Waals surface area (Å²) in [4.78, 5) is 2.35. The smallest absolute Gasteiger partial charge is 0.214 e. The topological polar surface area (TPSA) is 66.6 Å². The summed E-state index contributed by atoms with van der Waals surface area (Å²) < 4.78 is 25.9. The number of nitrogens with two attached hydrogens (primary N) is 1. The molecule has 0 atom stereocenters. The first-order valence-electron chi connectivity index (χ1n) is 7.02. The molecule has 1 saturated heterocycles. The second kappa shape index (κ2) is 6.32. The molecule has 0 spiro atoms. The van der Waals surface area contributed by atoms with Gasteiger partial charge >= 0.3 is 0 Å². The monoisotopic (exact) mass is 275 g/mol. The largest absolute Gasteiger partial charge is 0.330 e. The minimum absolute atomic E-state index is 0.375. The maximum Gasteiger partial charge on any atom is 0.214 e. The lowest BCUT2D eigenvalue weighted by molar-refractivity contribution is 0.186. The number of unbranched alkanes of at least 4 members (excludes halogenated alkanes) is 1. The van der Waals surface area contributed by atoms with Crippen LogP contribution in [0.15, 0.2) is 0 Å². The number of rotatable bonds is 7. The first-order valence-corrected chi connectivity index (χ1v) is 8.63. The van der Waals surface area contributed by atoms with Gasteiger partial charge in [0.05, 0.1) is 5.75 Å². The molecule has 0 radical (unpaired) electrons. The highest BCUT2D eigenvalue weighted by molar-refractivity contribution is 7.89. The Kier molecular flexibility index (Phi) is 5.00. The lowest BCUT2D eigenvalue weighted by Crippen LogP contribution is -2.49. The van der Waals surface area contributed by atoms with E-state index in [4.69, 9.17) is 5.73 Å². The Balaban J connectivity index is 1.72. The Morgan fingerprint density at radius 1 is 1.06 bits per heavy atom. The first kappa shape index (κ1) is 14.2. The summed E-state index contributed by atoms with van der Waals surface area (Å²) in [7, 11) is -2.98. The summed E-state index contributed by atoms with van der Waals surface area (Å²) in [6, 6.07) is 0. The number of hydrogen-bond acceptors (Lipinski definition) is 4. The molecular weight excluding hydrogens is 250 g/mol. The van der Waals surface area contributed by atoms with Crippen LogP contribution >= 0.6 is 0 Å². The van der Waals surface area contributed by atoms with Crippen LogP contribution in [0.5, 0.6) is 0 Å². The zero-order valence-corrected chi connectivity index (χ0v) is 11.9. The summed E-state index contributed by atoms with van der Waals surface area (Å²) in [5.74, 6) is 0.817. The average molecular weight is 275 g/mol. The third-order valence-electron chi connectivity index (χ3n) is 3.80. The minimum atomic E-state index is -2.98. The van der Waals surface area contributed by atoms with Crippen LogP contribution in [0.25, 0.3) is 0 Å². The predicted octanol–water partition coefficient (Wildman–Crippen LogP) is 0.0827. The van der Waals surface area contributed by atoms with E-state index in [1.807, 2.05) is 0 Å². The maximum atomic E-state index is 12.1. The molecule has 1 saturated carbocycles. The Morgan fingerprint density at radius 3 is 2.28 bits per heavy atom. The molecule has 1 heterocycles. The molecule has 0 aromatic heterocycles. The fraction of sp³-hybridized carbons (Fsp3) is 1.00. The SMILES string of the molecule is NCCCCN1CCN(S(=O)(=O)CC2CC2)CC1. The Hall–Kier alpha value is -0.170. The molecule has 0 aromatic rings. The molecule has 6 heteroatoms. The highest BCUT2D eigenvalue weighted by Crippen LogP contribution is 2.31. The van der Waals surface area contributed by atoms with Crippen LogP contribution in [0.2, 0.25) is 0 Å². The Morgan fingerprint density at radius 2 is 1.72 bits per heavy atom. The van der Waals surface area contributed by atoms with Gasteiger partial charge in [-0.2, -0.15) is 4.31 Å². The lowest BCUT2D eigenvalue weighted by Gasteiger charge is -2.34. The zero-order valence-electron chi connectivity index (χ0n) is 11.1. The summed E-state index contributed by atoms with van der Waals surface area (Å²) in [5.41, 5.74) is 5.47. The van der Waals surface area contributed by atoms with Crippen molar-refractivity contribution in [3.63, 3.8) is 0 Å². The molecule has 0 unspecified atom stereocenters. The van der Waals surface area contributed by atoms with Crippen molar-refractivity contribution in [1.82, 2.24) is 9.21 Å². The van der Waals surface area contributed by atoms with Crippen molar-refractivity contribution in [1.29, 1.82) is 0 Å². The molecule has 1 aliphatic carbocycles. The van der Waals surface area contributed by atoms with Crippen LogP contribution < -0.4 is 5.73 Å². The Bertz CT molecular complexity index is 346. The fourth-order valence-electron chi connectivity index (χ4n) is 2.40. The van der Waals surface area contributed by atoms with E-state index >= 15 is 0 Å². The predicted molar refractivity (Wildman–Crippen MR) is 72.8 cm³/mol. The van der Waals surface area contributed by atoms with Gasteiger partial charge in [0.25, 0.3) is 0 Å². The number of piperazine rings is 1. The minimum Gasteiger partial charge on any atom is -0.330 e. The molecule has 2 fully saturated rings. The number of sulfonamides is 1. The van der Waals surface area contributed by atoms with E-state index in [2.05, 4.69) is 4.90 Å². The Labute approximate surface area is 110 Å². The zero-order chi connectivity index (χ0) is 13.0. The van der Waals surface area contributed by atoms with Gasteiger partial charge in [-0.3, -0.25) is 0 Å². The van der Waals surface area contributed by atoms with E-state index in [1.165, 1.54) is 0 Å². The molecular formula is C12H25N3O2S. The van der Waals surface area contributed by atoms with E-state index in [1.54, 1.807) is 4.31 Å². The van der Waals surface area contributed by atoms with Gasteiger partial charge in [-0.1, -0.05) is 0 Å². The highest BCUT2D eigenvalue weighted by Gasteiger charge is 2.33. The van der Waals surface area contributed by atoms with Crippen molar-refractivity contribution in [3.8, 4) is 0 Å². The third-order valence-corrected chi connectivity index (χ3v) is 5.84. The molecule has 0 bridgehead atoms. The quantitative estimate of drug-likeness (QED) is 0.668. The second-order valence-electron chi connectivity index (χ2n) is 5.46. The second-order valence-corrected chi connectivity index (χ2v) is 7.47. The van der Waals surface area contributed by atoms with E-state index in [9.17, 15) is 8.42 Å². The molecule has 0 aromatic carbocycles. The van der Waals surface area contributed by atoms with Gasteiger partial charge < -0.3 is 10.6 Å². The van der Waals surface area contributed by atoms with Crippen LogP contribution in [0, 0.1) is 5.92 Å². The third kappa shape index (κ3) is 4.19. The standard InChI is InChI=1S/C12H25N3O2S/c13-5-1-2-6-14-7-9-15(10-8-14)18(16,17)11-12-3-4-12/h12H,1-11,13H2. The highest BCUT2D eigenvalue weighted by atomic mass is 32.2. The summed E-state index contributed by atoms with van der Waals surface area (Å²) >= 11 is 0. The van der Waals surface area contributed by atoms with Crippen molar-refractivity contribution in [2.45, 2.75) is 25.7 Å². The van der Waals surface area contributed by atoms with Crippen molar-refractivity contribution in [3.05, 3.63) is 0 Å². The van der Waals surface area contributed by atoms with Gasteiger partial charge in [0, 0.05) is 26.2 Å². The molecule has 5 nitrogen and oxygen atoms in total. The van der Waals surface area contributed by atoms with Crippen LogP contribution in [0.4, 0.5) is 0 Å². The summed E-state index contributed by atoms with van der Waals surface area (Å²) in [5, 5.41) is 0. The lowest BCUT2D eigenvalue weighted by atomic mass is 10.2. The average Bonchev–Trinajstić information content (AvgIpc) is 3.13. The van der Waals surface area contributed by atoms with Crippen molar-refractivity contribution < 1.29 is 8.42 Å². The molecule has 1 aliphatic heterocycles. The van der Waals surface area contributed by atoms with Gasteiger partial charge in [-0.15, -0.1) is 0 Å². The van der Waals surface area contributed by atoms with Crippen LogP contribution in [-0.2, 0) is 10.0 Å². The van der Waals surface area contributed by atoms with Gasteiger partial charge in [0.2, 0.25) is 10.0 Å². The van der Waals surface area contributed by atoms with Crippen LogP contribution in [-0.4, -0.2) is 62.6 Å². The molecule has 106 valence electrons. The molecule has 18 heavy (non-hydrogen) atoms.